The molecule has 1 saturated heterocycles. The largest absolute Gasteiger partial charge is 0.397 e. The van der Waals surface area contributed by atoms with Gasteiger partial charge in [-0.2, -0.15) is 0 Å². The van der Waals surface area contributed by atoms with E-state index in [1.54, 1.807) is 0 Å². The molecule has 106 valence electrons. The van der Waals surface area contributed by atoms with Gasteiger partial charge in [-0.15, -0.1) is 0 Å². The lowest BCUT2D eigenvalue weighted by atomic mass is 9.78. The van der Waals surface area contributed by atoms with E-state index in [0.717, 1.165) is 23.8 Å². The Labute approximate surface area is 117 Å². The predicted octanol–water partition coefficient (Wildman–Crippen LogP) is 2.97. The second-order valence-electron chi connectivity index (χ2n) is 6.63. The van der Waals surface area contributed by atoms with Gasteiger partial charge in [0.2, 0.25) is 0 Å². The molecule has 0 radical (unpaired) electrons. The number of benzene rings is 1. The van der Waals surface area contributed by atoms with Crippen LogP contribution in [0, 0.1) is 18.3 Å². The van der Waals surface area contributed by atoms with E-state index >= 15 is 0 Å². The van der Waals surface area contributed by atoms with Crippen LogP contribution in [0.1, 0.15) is 25.8 Å². The average molecular weight is 261 g/mol. The van der Waals surface area contributed by atoms with E-state index in [-0.39, 0.29) is 0 Å². The van der Waals surface area contributed by atoms with Crippen LogP contribution in [-0.2, 0) is 0 Å². The Morgan fingerprint density at radius 3 is 2.74 bits per heavy atom. The number of nitrogen functional groups attached to an aromatic ring is 1. The van der Waals surface area contributed by atoms with Gasteiger partial charge in [-0.3, -0.25) is 0 Å². The van der Waals surface area contributed by atoms with E-state index in [1.165, 1.54) is 25.1 Å². The number of nitrogens with one attached hydrogen (secondary N) is 1. The molecule has 1 unspecified atom stereocenters. The van der Waals surface area contributed by atoms with Crippen molar-refractivity contribution in [3.8, 4) is 0 Å². The lowest BCUT2D eigenvalue weighted by molar-refractivity contribution is 0.231. The number of hydrogen-bond acceptors (Lipinski definition) is 3. The molecule has 19 heavy (non-hydrogen) atoms. The second kappa shape index (κ2) is 5.41. The van der Waals surface area contributed by atoms with Gasteiger partial charge in [-0.05, 0) is 49.9 Å². The fraction of sp³-hybridized carbons (Fsp3) is 0.625. The summed E-state index contributed by atoms with van der Waals surface area (Å²) in [4.78, 5) is 2.43. The van der Waals surface area contributed by atoms with Gasteiger partial charge in [-0.25, -0.2) is 0 Å². The van der Waals surface area contributed by atoms with Gasteiger partial charge < -0.3 is 16.0 Å². The summed E-state index contributed by atoms with van der Waals surface area (Å²) in [7, 11) is 2.21. The molecule has 0 amide bonds. The fourth-order valence-corrected chi connectivity index (χ4v) is 2.97. The first-order chi connectivity index (χ1) is 8.90. The van der Waals surface area contributed by atoms with Crippen molar-refractivity contribution in [2.75, 3.05) is 37.7 Å². The third-order valence-corrected chi connectivity index (χ3v) is 4.52. The van der Waals surface area contributed by atoms with Crippen molar-refractivity contribution in [3.63, 3.8) is 0 Å². The standard InChI is InChI=1S/C16H27N3/c1-12-6-5-7-14(17)15(12)18-11-16(2,3)13-8-9-19(4)10-13/h5-7,13,18H,8-11,17H2,1-4H3. The van der Waals surface area contributed by atoms with Gasteiger partial charge in [0, 0.05) is 13.1 Å². The molecule has 1 aliphatic heterocycles. The number of nitrogens with two attached hydrogens (primary N) is 1. The minimum absolute atomic E-state index is 0.291. The summed E-state index contributed by atoms with van der Waals surface area (Å²) < 4.78 is 0. The molecule has 1 aromatic carbocycles. The highest BCUT2D eigenvalue weighted by Gasteiger charge is 2.33. The van der Waals surface area contributed by atoms with Crippen LogP contribution < -0.4 is 11.1 Å². The maximum absolute atomic E-state index is 6.06. The van der Waals surface area contributed by atoms with Crippen molar-refractivity contribution < 1.29 is 0 Å². The Hall–Kier alpha value is -1.22. The summed E-state index contributed by atoms with van der Waals surface area (Å²) in [6, 6.07) is 6.08. The van der Waals surface area contributed by atoms with E-state index in [1.807, 2.05) is 12.1 Å². The van der Waals surface area contributed by atoms with Gasteiger partial charge in [-0.1, -0.05) is 26.0 Å². The first-order valence-corrected chi connectivity index (χ1v) is 7.17. The topological polar surface area (TPSA) is 41.3 Å². The van der Waals surface area contributed by atoms with Crippen molar-refractivity contribution in [1.82, 2.24) is 4.90 Å². The van der Waals surface area contributed by atoms with Crippen molar-refractivity contribution in [1.29, 1.82) is 0 Å². The number of nitrogens with zero attached hydrogens (tertiary/aromatic N) is 1. The van der Waals surface area contributed by atoms with E-state index in [2.05, 4.69) is 44.1 Å². The Morgan fingerprint density at radius 1 is 1.42 bits per heavy atom. The molecule has 1 atom stereocenters. The van der Waals surface area contributed by atoms with Crippen LogP contribution in [0.2, 0.25) is 0 Å². The lowest BCUT2D eigenvalue weighted by Gasteiger charge is -2.32. The molecule has 0 saturated carbocycles. The van der Waals surface area contributed by atoms with E-state index < -0.39 is 0 Å². The smallest absolute Gasteiger partial charge is 0.0603 e. The maximum Gasteiger partial charge on any atom is 0.0603 e. The lowest BCUT2D eigenvalue weighted by Crippen LogP contribution is -2.33. The van der Waals surface area contributed by atoms with Crippen LogP contribution in [0.3, 0.4) is 0 Å². The molecular weight excluding hydrogens is 234 g/mol. The first-order valence-electron chi connectivity index (χ1n) is 7.17. The fourth-order valence-electron chi connectivity index (χ4n) is 2.97. The summed E-state index contributed by atoms with van der Waals surface area (Å²) in [5.41, 5.74) is 9.51. The summed E-state index contributed by atoms with van der Waals surface area (Å²) >= 11 is 0. The summed E-state index contributed by atoms with van der Waals surface area (Å²) in [6.07, 6.45) is 1.30. The Balaban J connectivity index is 2.01. The molecule has 3 nitrogen and oxygen atoms in total. The van der Waals surface area contributed by atoms with Crippen LogP contribution in [0.15, 0.2) is 18.2 Å². The van der Waals surface area contributed by atoms with Gasteiger partial charge in [0.1, 0.15) is 0 Å². The van der Waals surface area contributed by atoms with Crippen LogP contribution in [0.25, 0.3) is 0 Å². The zero-order valence-corrected chi connectivity index (χ0v) is 12.7. The molecule has 0 aliphatic carbocycles. The molecule has 1 heterocycles. The second-order valence-corrected chi connectivity index (χ2v) is 6.63. The van der Waals surface area contributed by atoms with Gasteiger partial charge in [0.05, 0.1) is 11.4 Å². The molecule has 1 fully saturated rings. The third-order valence-electron chi connectivity index (χ3n) is 4.52. The summed E-state index contributed by atoms with van der Waals surface area (Å²) in [5.74, 6) is 0.759. The Bertz CT molecular complexity index is 419. The minimum Gasteiger partial charge on any atom is -0.397 e. The molecular formula is C16H27N3. The molecule has 0 bridgehead atoms. The van der Waals surface area contributed by atoms with E-state index in [0.29, 0.717) is 5.41 Å². The molecule has 3 N–H and O–H groups in total. The van der Waals surface area contributed by atoms with E-state index in [4.69, 9.17) is 5.73 Å². The number of para-hydroxylation sites is 1. The van der Waals surface area contributed by atoms with Crippen molar-refractivity contribution in [2.24, 2.45) is 11.3 Å². The minimum atomic E-state index is 0.291. The number of anilines is 2. The predicted molar refractivity (Wildman–Crippen MR) is 83.5 cm³/mol. The number of aryl methyl sites for hydroxylation is 1. The average Bonchev–Trinajstić information content (AvgIpc) is 2.76. The molecule has 1 aliphatic rings. The molecule has 0 aromatic heterocycles. The monoisotopic (exact) mass is 261 g/mol. The van der Waals surface area contributed by atoms with Crippen molar-refractivity contribution >= 4 is 11.4 Å². The summed E-state index contributed by atoms with van der Waals surface area (Å²) in [6.45, 7) is 10.2. The van der Waals surface area contributed by atoms with Crippen LogP contribution in [0.5, 0.6) is 0 Å². The van der Waals surface area contributed by atoms with Crippen molar-refractivity contribution in [2.45, 2.75) is 27.2 Å². The first kappa shape index (κ1) is 14.2. The van der Waals surface area contributed by atoms with Crippen LogP contribution >= 0.6 is 0 Å². The third kappa shape index (κ3) is 3.21. The van der Waals surface area contributed by atoms with Crippen LogP contribution in [-0.4, -0.2) is 31.6 Å². The number of hydrogen-bond donors (Lipinski definition) is 2. The normalized spacial score (nSPS) is 20.7. The molecule has 1 aromatic rings. The highest BCUT2D eigenvalue weighted by molar-refractivity contribution is 5.69. The summed E-state index contributed by atoms with van der Waals surface area (Å²) in [5, 5.41) is 3.57. The SMILES string of the molecule is Cc1cccc(N)c1NCC(C)(C)C1CCN(C)C1. The zero-order chi connectivity index (χ0) is 14.0. The maximum atomic E-state index is 6.06. The van der Waals surface area contributed by atoms with E-state index in [9.17, 15) is 0 Å². The highest BCUT2D eigenvalue weighted by atomic mass is 15.1. The quantitative estimate of drug-likeness (QED) is 0.819. The molecule has 3 heteroatoms. The number of rotatable bonds is 4. The van der Waals surface area contributed by atoms with Gasteiger partial charge >= 0.3 is 0 Å². The number of likely N-dealkylation sites (tertiary alicyclic amines) is 1. The van der Waals surface area contributed by atoms with Crippen molar-refractivity contribution in [3.05, 3.63) is 23.8 Å². The Kier molecular flexibility index (Phi) is 4.04. The Morgan fingerprint density at radius 2 is 2.16 bits per heavy atom. The van der Waals surface area contributed by atoms with Gasteiger partial charge in [0.25, 0.3) is 0 Å². The van der Waals surface area contributed by atoms with Gasteiger partial charge in [0.15, 0.2) is 0 Å². The zero-order valence-electron chi connectivity index (χ0n) is 12.7. The molecule has 0 spiro atoms. The van der Waals surface area contributed by atoms with Crippen LogP contribution in [0.4, 0.5) is 11.4 Å². The molecule has 2 rings (SSSR count). The highest BCUT2D eigenvalue weighted by Crippen LogP contribution is 2.35.